The lowest BCUT2D eigenvalue weighted by atomic mass is 10.1. The number of halogens is 1. The van der Waals surface area contributed by atoms with E-state index in [1.807, 2.05) is 30.3 Å². The van der Waals surface area contributed by atoms with Gasteiger partial charge in [0.05, 0.1) is 6.26 Å². The molecular formula is C15H17BrN2OS. The molecule has 1 heterocycles. The third kappa shape index (κ3) is 4.08. The summed E-state index contributed by atoms with van der Waals surface area (Å²) >= 11 is 8.50. The minimum Gasteiger partial charge on any atom is -0.469 e. The fourth-order valence-electron chi connectivity index (χ4n) is 1.94. The molecule has 2 aromatic rings. The van der Waals surface area contributed by atoms with Gasteiger partial charge in [-0.05, 0) is 59.6 Å². The molecule has 0 saturated carbocycles. The van der Waals surface area contributed by atoms with Crippen molar-refractivity contribution in [3.8, 4) is 0 Å². The molecule has 2 rings (SSSR count). The Bertz CT molecular complexity index is 584. The first-order valence-electron chi connectivity index (χ1n) is 6.44. The first kappa shape index (κ1) is 15.1. The predicted octanol–water partition coefficient (Wildman–Crippen LogP) is 4.11. The van der Waals surface area contributed by atoms with Crippen molar-refractivity contribution >= 4 is 38.8 Å². The van der Waals surface area contributed by atoms with Crippen LogP contribution in [0.15, 0.2) is 45.5 Å². The Hall–Kier alpha value is -1.33. The normalized spacial score (nSPS) is 12.1. The van der Waals surface area contributed by atoms with E-state index in [9.17, 15) is 0 Å². The predicted molar refractivity (Wildman–Crippen MR) is 90.1 cm³/mol. The number of hydrogen-bond acceptors (Lipinski definition) is 3. The number of thiocarbonyl (C=S) groups is 1. The van der Waals surface area contributed by atoms with Crippen LogP contribution in [0.3, 0.4) is 0 Å². The van der Waals surface area contributed by atoms with Crippen molar-refractivity contribution in [2.45, 2.75) is 25.8 Å². The van der Waals surface area contributed by atoms with E-state index in [2.05, 4.69) is 28.2 Å². The minimum atomic E-state index is 0.340. The summed E-state index contributed by atoms with van der Waals surface area (Å²) in [4.78, 5) is 0.406. The van der Waals surface area contributed by atoms with Crippen molar-refractivity contribution in [2.75, 3.05) is 5.32 Å². The smallest absolute Gasteiger partial charge is 0.104 e. The van der Waals surface area contributed by atoms with Gasteiger partial charge in [-0.1, -0.05) is 12.2 Å². The summed E-state index contributed by atoms with van der Waals surface area (Å²) in [6, 6.07) is 10.1. The highest BCUT2D eigenvalue weighted by Gasteiger charge is 2.08. The monoisotopic (exact) mass is 352 g/mol. The number of rotatable bonds is 6. The highest BCUT2D eigenvalue weighted by molar-refractivity contribution is 9.10. The molecule has 0 aliphatic heterocycles. The van der Waals surface area contributed by atoms with E-state index in [4.69, 9.17) is 22.4 Å². The van der Waals surface area contributed by atoms with Crippen molar-refractivity contribution in [1.29, 1.82) is 0 Å². The van der Waals surface area contributed by atoms with Crippen molar-refractivity contribution in [3.05, 3.63) is 52.4 Å². The zero-order valence-corrected chi connectivity index (χ0v) is 13.6. The third-order valence-electron chi connectivity index (χ3n) is 3.06. The largest absolute Gasteiger partial charge is 0.469 e. The minimum absolute atomic E-state index is 0.340. The van der Waals surface area contributed by atoms with Gasteiger partial charge in [-0.3, -0.25) is 0 Å². The Morgan fingerprint density at radius 3 is 2.85 bits per heavy atom. The fourth-order valence-corrected chi connectivity index (χ4v) is 2.56. The molecule has 1 unspecified atom stereocenters. The van der Waals surface area contributed by atoms with Crippen LogP contribution in [0, 0.1) is 0 Å². The molecule has 0 spiro atoms. The molecule has 0 aliphatic rings. The van der Waals surface area contributed by atoms with Crippen LogP contribution in [0.5, 0.6) is 0 Å². The highest BCUT2D eigenvalue weighted by atomic mass is 79.9. The van der Waals surface area contributed by atoms with Crippen LogP contribution in [-0.2, 0) is 6.42 Å². The zero-order valence-electron chi connectivity index (χ0n) is 11.2. The van der Waals surface area contributed by atoms with Crippen LogP contribution >= 0.6 is 28.1 Å². The Morgan fingerprint density at radius 2 is 2.25 bits per heavy atom. The summed E-state index contributed by atoms with van der Waals surface area (Å²) < 4.78 is 6.30. The van der Waals surface area contributed by atoms with Gasteiger partial charge < -0.3 is 15.5 Å². The molecule has 1 aromatic heterocycles. The Labute approximate surface area is 132 Å². The van der Waals surface area contributed by atoms with E-state index in [1.54, 1.807) is 6.26 Å². The molecular weight excluding hydrogens is 336 g/mol. The lowest BCUT2D eigenvalue weighted by Gasteiger charge is -2.16. The molecule has 1 atom stereocenters. The molecule has 0 aliphatic carbocycles. The average Bonchev–Trinajstić information content (AvgIpc) is 2.91. The van der Waals surface area contributed by atoms with Gasteiger partial charge in [0.15, 0.2) is 0 Å². The molecule has 106 valence electrons. The van der Waals surface area contributed by atoms with Crippen molar-refractivity contribution < 1.29 is 4.42 Å². The summed E-state index contributed by atoms with van der Waals surface area (Å²) in [6.45, 7) is 2.15. The van der Waals surface area contributed by atoms with Gasteiger partial charge in [0.2, 0.25) is 0 Å². The second-order valence-electron chi connectivity index (χ2n) is 4.72. The van der Waals surface area contributed by atoms with E-state index in [-0.39, 0.29) is 0 Å². The van der Waals surface area contributed by atoms with Gasteiger partial charge in [-0.25, -0.2) is 0 Å². The maximum atomic E-state index is 5.62. The number of furan rings is 1. The molecule has 20 heavy (non-hydrogen) atoms. The maximum Gasteiger partial charge on any atom is 0.104 e. The van der Waals surface area contributed by atoms with E-state index in [1.165, 1.54) is 0 Å². The lowest BCUT2D eigenvalue weighted by molar-refractivity contribution is 0.495. The number of nitrogens with one attached hydrogen (secondary N) is 1. The fraction of sp³-hybridized carbons (Fsp3) is 0.267. The van der Waals surface area contributed by atoms with E-state index >= 15 is 0 Å². The van der Waals surface area contributed by atoms with Gasteiger partial charge in [0.1, 0.15) is 10.7 Å². The summed E-state index contributed by atoms with van der Waals surface area (Å²) in [5, 5.41) is 3.47. The van der Waals surface area contributed by atoms with Crippen LogP contribution in [0.2, 0.25) is 0 Å². The second-order valence-corrected chi connectivity index (χ2v) is 6.02. The average molecular weight is 353 g/mol. The Balaban J connectivity index is 1.93. The van der Waals surface area contributed by atoms with E-state index in [0.717, 1.165) is 34.3 Å². The summed E-state index contributed by atoms with van der Waals surface area (Å²) in [6.07, 6.45) is 3.62. The molecule has 3 N–H and O–H groups in total. The Morgan fingerprint density at radius 1 is 1.45 bits per heavy atom. The molecule has 0 saturated heterocycles. The number of nitrogens with two attached hydrogens (primary N) is 1. The van der Waals surface area contributed by atoms with Crippen LogP contribution in [-0.4, -0.2) is 11.0 Å². The summed E-state index contributed by atoms with van der Waals surface area (Å²) in [5.74, 6) is 1.02. The molecule has 5 heteroatoms. The summed E-state index contributed by atoms with van der Waals surface area (Å²) in [7, 11) is 0. The third-order valence-corrected chi connectivity index (χ3v) is 3.95. The molecule has 1 aromatic carbocycles. The number of hydrogen-bond donors (Lipinski definition) is 2. The number of anilines is 1. The van der Waals surface area contributed by atoms with E-state index in [0.29, 0.717) is 11.0 Å². The van der Waals surface area contributed by atoms with Crippen LogP contribution in [0.4, 0.5) is 5.69 Å². The summed E-state index contributed by atoms with van der Waals surface area (Å²) in [5.41, 5.74) is 7.52. The van der Waals surface area contributed by atoms with Gasteiger partial charge >= 0.3 is 0 Å². The van der Waals surface area contributed by atoms with Crippen molar-refractivity contribution in [3.63, 3.8) is 0 Å². The molecule has 0 bridgehead atoms. The second kappa shape index (κ2) is 6.90. The number of aryl methyl sites for hydroxylation is 1. The van der Waals surface area contributed by atoms with Crippen molar-refractivity contribution in [2.24, 2.45) is 5.73 Å². The maximum absolute atomic E-state index is 5.62. The standard InChI is InChI=1S/C15H17BrN2OS/c1-10(4-6-12-3-2-8-19-12)18-14-7-5-11(15(17)20)9-13(14)16/h2-3,5,7-10,18H,4,6H2,1H3,(H2,17,20). The van der Waals surface area contributed by atoms with Gasteiger partial charge in [-0.2, -0.15) is 0 Å². The van der Waals surface area contributed by atoms with Gasteiger partial charge in [0.25, 0.3) is 0 Å². The molecule has 0 radical (unpaired) electrons. The van der Waals surface area contributed by atoms with E-state index < -0.39 is 0 Å². The van der Waals surface area contributed by atoms with Crippen LogP contribution in [0.1, 0.15) is 24.7 Å². The molecule has 0 fully saturated rings. The zero-order chi connectivity index (χ0) is 14.5. The number of benzene rings is 1. The van der Waals surface area contributed by atoms with Gasteiger partial charge in [-0.15, -0.1) is 0 Å². The molecule has 3 nitrogen and oxygen atoms in total. The quantitative estimate of drug-likeness (QED) is 0.768. The first-order chi connectivity index (χ1) is 9.56. The highest BCUT2D eigenvalue weighted by Crippen LogP contribution is 2.25. The van der Waals surface area contributed by atoms with Crippen LogP contribution < -0.4 is 11.1 Å². The molecule has 0 amide bonds. The Kier molecular flexibility index (Phi) is 5.20. The van der Waals surface area contributed by atoms with Crippen molar-refractivity contribution in [1.82, 2.24) is 0 Å². The first-order valence-corrected chi connectivity index (χ1v) is 7.64. The topological polar surface area (TPSA) is 51.2 Å². The SMILES string of the molecule is CC(CCc1ccco1)Nc1ccc(C(N)=S)cc1Br. The lowest BCUT2D eigenvalue weighted by Crippen LogP contribution is -2.16. The van der Waals surface area contributed by atoms with Gasteiger partial charge in [0, 0.05) is 28.2 Å². The van der Waals surface area contributed by atoms with Crippen LogP contribution in [0.25, 0.3) is 0 Å².